The van der Waals surface area contributed by atoms with Crippen LogP contribution in [-0.4, -0.2) is 18.5 Å². The molecule has 0 aromatic rings. The minimum atomic E-state index is -0.191. The van der Waals surface area contributed by atoms with Crippen LogP contribution < -0.4 is 0 Å². The number of hydrogen-bond acceptors (Lipinski definition) is 2. The molecule has 1 heterocycles. The van der Waals surface area contributed by atoms with Crippen molar-refractivity contribution in [2.75, 3.05) is 6.61 Å². The van der Waals surface area contributed by atoms with E-state index in [4.69, 9.17) is 4.74 Å². The van der Waals surface area contributed by atoms with Crippen molar-refractivity contribution < 1.29 is 9.53 Å². The molecule has 0 saturated carbocycles. The summed E-state index contributed by atoms with van der Waals surface area (Å²) in [6.45, 7) is 2.68. The molecule has 0 aromatic heterocycles. The zero-order valence-electron chi connectivity index (χ0n) is 6.72. The molecule has 1 aliphatic rings. The summed E-state index contributed by atoms with van der Waals surface area (Å²) in [7, 11) is 0. The van der Waals surface area contributed by atoms with Gasteiger partial charge in [0.2, 0.25) is 5.78 Å². The number of carbonyl (C=O) groups is 1. The highest BCUT2D eigenvalue weighted by Crippen LogP contribution is 2.08. The Bertz CT molecular complexity index is 193. The van der Waals surface area contributed by atoms with Gasteiger partial charge in [-0.2, -0.15) is 0 Å². The molecule has 0 N–H and O–H groups in total. The lowest BCUT2D eigenvalue weighted by Crippen LogP contribution is -2.01. The van der Waals surface area contributed by atoms with Gasteiger partial charge in [0, 0.05) is 6.42 Å². The van der Waals surface area contributed by atoms with Gasteiger partial charge in [-0.1, -0.05) is 19.3 Å². The Hall–Kier alpha value is -0.810. The van der Waals surface area contributed by atoms with Crippen LogP contribution in [0.4, 0.5) is 0 Å². The van der Waals surface area contributed by atoms with Crippen molar-refractivity contribution in [2.45, 2.75) is 32.3 Å². The molecule has 11 heavy (non-hydrogen) atoms. The molecule has 1 atom stereocenters. The Labute approximate surface area is 66.9 Å². The van der Waals surface area contributed by atoms with Crippen LogP contribution in [0.3, 0.4) is 0 Å². The van der Waals surface area contributed by atoms with Gasteiger partial charge in [0.1, 0.15) is 0 Å². The van der Waals surface area contributed by atoms with Gasteiger partial charge in [-0.25, -0.2) is 0 Å². The van der Waals surface area contributed by atoms with Crippen LogP contribution >= 0.6 is 0 Å². The predicted molar refractivity (Wildman–Crippen MR) is 42.0 cm³/mol. The smallest absolute Gasteiger partial charge is 0.236 e. The van der Waals surface area contributed by atoms with Crippen LogP contribution in [0.1, 0.15) is 26.2 Å². The third kappa shape index (κ3) is 3.20. The van der Waals surface area contributed by atoms with Gasteiger partial charge in [0.15, 0.2) is 6.10 Å². The lowest BCUT2D eigenvalue weighted by molar-refractivity contribution is -0.114. The molecule has 2 heteroatoms. The van der Waals surface area contributed by atoms with Gasteiger partial charge in [0.25, 0.3) is 0 Å². The molecule has 2 nitrogen and oxygen atoms in total. The van der Waals surface area contributed by atoms with Crippen LogP contribution in [-0.2, 0) is 9.53 Å². The van der Waals surface area contributed by atoms with E-state index in [0.717, 1.165) is 19.3 Å². The Morgan fingerprint density at radius 1 is 1.73 bits per heavy atom. The fourth-order valence-electron chi connectivity index (χ4n) is 0.695. The Kier molecular flexibility index (Phi) is 3.13. The number of unbranched alkanes of at least 4 members (excludes halogenated alkanes) is 2. The molecule has 1 fully saturated rings. The van der Waals surface area contributed by atoms with Crippen molar-refractivity contribution in [1.29, 1.82) is 0 Å². The maximum absolute atomic E-state index is 10.9. The van der Waals surface area contributed by atoms with Crippen molar-refractivity contribution in [3.05, 3.63) is 0 Å². The summed E-state index contributed by atoms with van der Waals surface area (Å²) in [6.07, 6.45) is 2.84. The molecular weight excluding hydrogens is 140 g/mol. The monoisotopic (exact) mass is 152 g/mol. The van der Waals surface area contributed by atoms with E-state index in [1.807, 2.05) is 0 Å². The van der Waals surface area contributed by atoms with E-state index in [1.165, 1.54) is 0 Å². The van der Waals surface area contributed by atoms with Crippen molar-refractivity contribution in [1.82, 2.24) is 0 Å². The van der Waals surface area contributed by atoms with Gasteiger partial charge < -0.3 is 4.74 Å². The maximum atomic E-state index is 10.9. The summed E-state index contributed by atoms with van der Waals surface area (Å²) >= 11 is 0. The van der Waals surface area contributed by atoms with Crippen LogP contribution in [0.15, 0.2) is 0 Å². The van der Waals surface area contributed by atoms with E-state index in [1.54, 1.807) is 0 Å². The summed E-state index contributed by atoms with van der Waals surface area (Å²) in [5.74, 6) is 5.34. The molecule has 1 rings (SSSR count). The molecule has 0 bridgehead atoms. The zero-order chi connectivity index (χ0) is 8.10. The van der Waals surface area contributed by atoms with Gasteiger partial charge in [-0.15, -0.1) is 0 Å². The largest absolute Gasteiger partial charge is 0.364 e. The van der Waals surface area contributed by atoms with Crippen molar-refractivity contribution in [3.8, 4) is 11.8 Å². The molecule has 0 aliphatic carbocycles. The standard InChI is InChI=1S/C9H12O2/c1-2-3-4-5-6-8(10)9-7-11-9/h9H,2-4,7H2,1H3/t9-/m1/s1. The number of ketones is 1. The van der Waals surface area contributed by atoms with Crippen LogP contribution in [0.5, 0.6) is 0 Å². The molecule has 1 aliphatic heterocycles. The SMILES string of the molecule is CCCCC#CC(=O)[C@H]1CO1. The number of rotatable bonds is 3. The predicted octanol–water partition coefficient (Wildman–Crippen LogP) is 1.15. The quantitative estimate of drug-likeness (QED) is 0.263. The molecule has 1 saturated heterocycles. The van der Waals surface area contributed by atoms with Crippen LogP contribution in [0, 0.1) is 11.8 Å². The van der Waals surface area contributed by atoms with Gasteiger partial charge in [-0.3, -0.25) is 4.79 Å². The Balaban J connectivity index is 2.14. The lowest BCUT2D eigenvalue weighted by atomic mass is 10.2. The minimum Gasteiger partial charge on any atom is -0.364 e. The van der Waals surface area contributed by atoms with Crippen LogP contribution in [0.2, 0.25) is 0 Å². The first-order valence-electron chi connectivity index (χ1n) is 3.99. The second kappa shape index (κ2) is 4.15. The number of Topliss-reactive ketones (excluding diaryl/α,β-unsaturated/α-hetero) is 1. The Morgan fingerprint density at radius 3 is 3.00 bits per heavy atom. The fraction of sp³-hybridized carbons (Fsp3) is 0.667. The highest BCUT2D eigenvalue weighted by Gasteiger charge is 2.29. The van der Waals surface area contributed by atoms with Gasteiger partial charge in [-0.05, 0) is 12.3 Å². The first-order valence-corrected chi connectivity index (χ1v) is 3.99. The second-order valence-electron chi connectivity index (χ2n) is 2.59. The third-order valence-electron chi connectivity index (χ3n) is 1.49. The zero-order valence-corrected chi connectivity index (χ0v) is 6.72. The van der Waals surface area contributed by atoms with Crippen LogP contribution in [0.25, 0.3) is 0 Å². The molecule has 0 radical (unpaired) electrons. The molecule has 0 spiro atoms. The first kappa shape index (κ1) is 8.29. The second-order valence-corrected chi connectivity index (χ2v) is 2.59. The molecule has 0 amide bonds. The molecular formula is C9H12O2. The summed E-state index contributed by atoms with van der Waals surface area (Å²) < 4.78 is 4.78. The van der Waals surface area contributed by atoms with Gasteiger partial charge in [0.05, 0.1) is 6.61 Å². The fourth-order valence-corrected chi connectivity index (χ4v) is 0.695. The lowest BCUT2D eigenvalue weighted by Gasteiger charge is -1.83. The minimum absolute atomic E-state index is 0.0545. The van der Waals surface area contributed by atoms with Crippen molar-refractivity contribution in [3.63, 3.8) is 0 Å². The van der Waals surface area contributed by atoms with E-state index in [0.29, 0.717) is 6.61 Å². The number of hydrogen-bond donors (Lipinski definition) is 0. The topological polar surface area (TPSA) is 29.6 Å². The molecule has 0 aromatic carbocycles. The first-order chi connectivity index (χ1) is 5.34. The number of epoxide rings is 1. The molecule has 0 unspecified atom stereocenters. The molecule has 60 valence electrons. The van der Waals surface area contributed by atoms with Gasteiger partial charge >= 0.3 is 0 Å². The van der Waals surface area contributed by atoms with E-state index in [9.17, 15) is 4.79 Å². The highest BCUT2D eigenvalue weighted by atomic mass is 16.6. The average Bonchev–Trinajstić information content (AvgIpc) is 2.79. The average molecular weight is 152 g/mol. The van der Waals surface area contributed by atoms with Crippen molar-refractivity contribution in [2.24, 2.45) is 0 Å². The third-order valence-corrected chi connectivity index (χ3v) is 1.49. The Morgan fingerprint density at radius 2 is 2.45 bits per heavy atom. The summed E-state index contributed by atoms with van der Waals surface area (Å²) in [6, 6.07) is 0. The van der Waals surface area contributed by atoms with E-state index < -0.39 is 0 Å². The number of carbonyl (C=O) groups excluding carboxylic acids is 1. The van der Waals surface area contributed by atoms with E-state index in [2.05, 4.69) is 18.8 Å². The summed E-state index contributed by atoms with van der Waals surface area (Å²) in [4.78, 5) is 10.9. The summed E-state index contributed by atoms with van der Waals surface area (Å²) in [5, 5.41) is 0. The normalized spacial score (nSPS) is 20.3. The van der Waals surface area contributed by atoms with E-state index in [-0.39, 0.29) is 11.9 Å². The highest BCUT2D eigenvalue weighted by molar-refractivity contribution is 6.00. The van der Waals surface area contributed by atoms with Crippen molar-refractivity contribution >= 4 is 5.78 Å². The maximum Gasteiger partial charge on any atom is 0.236 e. The number of ether oxygens (including phenoxy) is 1. The van der Waals surface area contributed by atoms with E-state index >= 15 is 0 Å². The summed E-state index contributed by atoms with van der Waals surface area (Å²) in [5.41, 5.74) is 0.